The van der Waals surface area contributed by atoms with Crippen molar-refractivity contribution in [1.82, 2.24) is 4.90 Å². The molecule has 1 N–H and O–H groups in total. The summed E-state index contributed by atoms with van der Waals surface area (Å²) < 4.78 is 1.09. The molecule has 4 heteroatoms. The topological polar surface area (TPSA) is 26.7 Å². The maximum absolute atomic E-state index is 9.50. The first-order chi connectivity index (χ1) is 8.11. The lowest BCUT2D eigenvalue weighted by Crippen LogP contribution is -2.57. The predicted molar refractivity (Wildman–Crippen MR) is 74.5 cm³/mol. The van der Waals surface area contributed by atoms with E-state index < -0.39 is 0 Å². The fraction of sp³-hybridized carbons (Fsp3) is 0.538. The van der Waals surface area contributed by atoms with Gasteiger partial charge in [-0.15, -0.1) is 0 Å². The summed E-state index contributed by atoms with van der Waals surface area (Å²) in [4.78, 5) is 4.60. The van der Waals surface area contributed by atoms with Crippen LogP contribution in [0.3, 0.4) is 0 Å². The van der Waals surface area contributed by atoms with E-state index >= 15 is 0 Å². The fourth-order valence-corrected chi connectivity index (χ4v) is 2.55. The van der Waals surface area contributed by atoms with Crippen molar-refractivity contribution in [2.24, 2.45) is 0 Å². The molecule has 3 nitrogen and oxygen atoms in total. The van der Waals surface area contributed by atoms with Crippen LogP contribution in [0.25, 0.3) is 0 Å². The number of hydrogen-bond donors (Lipinski definition) is 1. The Morgan fingerprint density at radius 2 is 1.94 bits per heavy atom. The van der Waals surface area contributed by atoms with Gasteiger partial charge < -0.3 is 10.0 Å². The van der Waals surface area contributed by atoms with E-state index in [2.05, 4.69) is 51.8 Å². The van der Waals surface area contributed by atoms with Gasteiger partial charge in [-0.2, -0.15) is 0 Å². The van der Waals surface area contributed by atoms with E-state index in [0.717, 1.165) is 17.6 Å². The molecule has 1 fully saturated rings. The van der Waals surface area contributed by atoms with Crippen molar-refractivity contribution in [2.75, 3.05) is 31.6 Å². The van der Waals surface area contributed by atoms with Gasteiger partial charge >= 0.3 is 0 Å². The van der Waals surface area contributed by atoms with Gasteiger partial charge in [0.2, 0.25) is 0 Å². The smallest absolute Gasteiger partial charge is 0.0648 e. The van der Waals surface area contributed by atoms with Gasteiger partial charge in [-0.3, -0.25) is 4.90 Å². The van der Waals surface area contributed by atoms with E-state index in [-0.39, 0.29) is 12.6 Å². The van der Waals surface area contributed by atoms with Crippen LogP contribution in [0.5, 0.6) is 0 Å². The minimum atomic E-state index is 0.192. The first kappa shape index (κ1) is 12.9. The van der Waals surface area contributed by atoms with Crippen molar-refractivity contribution in [3.63, 3.8) is 0 Å². The number of likely N-dealkylation sites (N-methyl/N-ethyl adjacent to an activating group) is 1. The Morgan fingerprint density at radius 1 is 1.29 bits per heavy atom. The monoisotopic (exact) mass is 298 g/mol. The summed E-state index contributed by atoms with van der Waals surface area (Å²) in [5.41, 5.74) is 1.19. The Kier molecular flexibility index (Phi) is 4.07. The highest BCUT2D eigenvalue weighted by Gasteiger charge is 2.29. The molecule has 0 radical (unpaired) electrons. The number of nitrogens with zero attached hydrogens (tertiary/aromatic N) is 2. The molecule has 0 spiro atoms. The van der Waals surface area contributed by atoms with Crippen LogP contribution >= 0.6 is 15.9 Å². The summed E-state index contributed by atoms with van der Waals surface area (Å²) in [6.45, 7) is 4.30. The maximum atomic E-state index is 9.50. The van der Waals surface area contributed by atoms with Crippen molar-refractivity contribution < 1.29 is 5.11 Å². The molecule has 2 rings (SSSR count). The number of halogens is 1. The summed E-state index contributed by atoms with van der Waals surface area (Å²) in [5.74, 6) is 0. The molecule has 17 heavy (non-hydrogen) atoms. The molecule has 1 heterocycles. The van der Waals surface area contributed by atoms with Gasteiger partial charge in [-0.1, -0.05) is 15.9 Å². The normalized spacial score (nSPS) is 26.2. The quantitative estimate of drug-likeness (QED) is 0.904. The highest BCUT2D eigenvalue weighted by molar-refractivity contribution is 9.10. The second-order valence-electron chi connectivity index (χ2n) is 4.75. The van der Waals surface area contributed by atoms with Crippen LogP contribution in [0.2, 0.25) is 0 Å². The Morgan fingerprint density at radius 3 is 2.53 bits per heavy atom. The van der Waals surface area contributed by atoms with Crippen LogP contribution in [0.1, 0.15) is 6.92 Å². The van der Waals surface area contributed by atoms with Gasteiger partial charge in [0.1, 0.15) is 0 Å². The molecule has 0 aromatic heterocycles. The molecular weight excluding hydrogens is 280 g/mol. The van der Waals surface area contributed by atoms with Gasteiger partial charge in [0.25, 0.3) is 0 Å². The first-order valence-electron chi connectivity index (χ1n) is 5.95. The van der Waals surface area contributed by atoms with Gasteiger partial charge in [0.15, 0.2) is 0 Å². The Balaban J connectivity index is 2.20. The third-order valence-electron chi connectivity index (χ3n) is 3.52. The number of rotatable bonds is 2. The lowest BCUT2D eigenvalue weighted by molar-refractivity contribution is 0.155. The molecular formula is C13H19BrN2O. The summed E-state index contributed by atoms with van der Waals surface area (Å²) in [6, 6.07) is 9.01. The average Bonchev–Trinajstić information content (AvgIpc) is 2.33. The van der Waals surface area contributed by atoms with Crippen LogP contribution in [0.4, 0.5) is 5.69 Å². The van der Waals surface area contributed by atoms with Crippen molar-refractivity contribution in [3.05, 3.63) is 28.7 Å². The Labute approximate surface area is 111 Å². The van der Waals surface area contributed by atoms with Crippen LogP contribution in [0.15, 0.2) is 28.7 Å². The van der Waals surface area contributed by atoms with E-state index in [9.17, 15) is 5.11 Å². The lowest BCUT2D eigenvalue weighted by atomic mass is 10.1. The lowest BCUT2D eigenvalue weighted by Gasteiger charge is -2.44. The van der Waals surface area contributed by atoms with Gasteiger partial charge in [-0.05, 0) is 38.2 Å². The van der Waals surface area contributed by atoms with Crippen LogP contribution in [-0.4, -0.2) is 48.8 Å². The van der Waals surface area contributed by atoms with E-state index in [1.807, 2.05) is 12.1 Å². The Hall–Kier alpha value is -0.580. The molecule has 2 atom stereocenters. The molecule has 0 saturated carbocycles. The van der Waals surface area contributed by atoms with Crippen molar-refractivity contribution in [2.45, 2.75) is 19.0 Å². The predicted octanol–water partition coefficient (Wildman–Crippen LogP) is 1.95. The number of hydrogen-bond acceptors (Lipinski definition) is 3. The molecule has 94 valence electrons. The molecule has 1 saturated heterocycles. The molecule has 1 aromatic carbocycles. The van der Waals surface area contributed by atoms with Crippen LogP contribution < -0.4 is 4.90 Å². The van der Waals surface area contributed by atoms with E-state index in [4.69, 9.17) is 0 Å². The molecule has 0 aliphatic carbocycles. The van der Waals surface area contributed by atoms with Crippen LogP contribution in [0, 0.1) is 0 Å². The fourth-order valence-electron chi connectivity index (χ4n) is 2.29. The summed E-state index contributed by atoms with van der Waals surface area (Å²) in [6.07, 6.45) is 0. The minimum absolute atomic E-state index is 0.192. The van der Waals surface area contributed by atoms with E-state index in [1.54, 1.807) is 0 Å². The third-order valence-corrected chi connectivity index (χ3v) is 4.05. The second kappa shape index (κ2) is 5.38. The maximum Gasteiger partial charge on any atom is 0.0648 e. The standard InChI is InChI=1S/C13H19BrN2O/c1-10-7-16(13(9-17)8-15(10)2)12-5-3-11(14)4-6-12/h3-6,10,13,17H,7-9H2,1-2H3. The van der Waals surface area contributed by atoms with Crippen molar-refractivity contribution >= 4 is 21.6 Å². The molecule has 1 aromatic rings. The largest absolute Gasteiger partial charge is 0.394 e. The number of aliphatic hydroxyl groups excluding tert-OH is 1. The molecule has 0 bridgehead atoms. The second-order valence-corrected chi connectivity index (χ2v) is 5.67. The number of benzene rings is 1. The number of aliphatic hydroxyl groups is 1. The minimum Gasteiger partial charge on any atom is -0.394 e. The summed E-state index contributed by atoms with van der Waals surface area (Å²) >= 11 is 3.45. The highest BCUT2D eigenvalue weighted by Crippen LogP contribution is 2.24. The van der Waals surface area contributed by atoms with Gasteiger partial charge in [0.05, 0.1) is 12.6 Å². The van der Waals surface area contributed by atoms with Crippen molar-refractivity contribution in [3.8, 4) is 0 Å². The average molecular weight is 299 g/mol. The number of piperazine rings is 1. The van der Waals surface area contributed by atoms with E-state index in [0.29, 0.717) is 6.04 Å². The van der Waals surface area contributed by atoms with Crippen molar-refractivity contribution in [1.29, 1.82) is 0 Å². The molecule has 1 aliphatic rings. The highest BCUT2D eigenvalue weighted by atomic mass is 79.9. The molecule has 1 aliphatic heterocycles. The zero-order valence-electron chi connectivity index (χ0n) is 10.3. The SMILES string of the molecule is CC1CN(c2ccc(Br)cc2)C(CO)CN1C. The third kappa shape index (κ3) is 2.81. The molecule has 2 unspecified atom stereocenters. The summed E-state index contributed by atoms with van der Waals surface area (Å²) in [5, 5.41) is 9.50. The summed E-state index contributed by atoms with van der Waals surface area (Å²) in [7, 11) is 2.12. The molecule has 0 amide bonds. The first-order valence-corrected chi connectivity index (χ1v) is 6.74. The van der Waals surface area contributed by atoms with Crippen LogP contribution in [-0.2, 0) is 0 Å². The van der Waals surface area contributed by atoms with Gasteiger partial charge in [0, 0.05) is 29.3 Å². The Bertz CT molecular complexity index is 368. The number of anilines is 1. The van der Waals surface area contributed by atoms with E-state index in [1.165, 1.54) is 5.69 Å². The van der Waals surface area contributed by atoms with Gasteiger partial charge in [-0.25, -0.2) is 0 Å². The zero-order valence-corrected chi connectivity index (χ0v) is 11.9. The zero-order chi connectivity index (χ0) is 12.4.